The Balaban J connectivity index is 2.86. The number of amides is 1. The second kappa shape index (κ2) is 3.67. The van der Waals surface area contributed by atoms with E-state index < -0.39 is 11.5 Å². The van der Waals surface area contributed by atoms with Gasteiger partial charge in [0.25, 0.3) is 5.91 Å². The Labute approximate surface area is 89.8 Å². The van der Waals surface area contributed by atoms with Gasteiger partial charge in [-0.05, 0) is 12.1 Å². The van der Waals surface area contributed by atoms with Crippen LogP contribution in [0.3, 0.4) is 0 Å². The minimum Gasteiger partial charge on any atom is -0.422 e. The van der Waals surface area contributed by atoms with Crippen LogP contribution in [0.2, 0.25) is 0 Å². The molecule has 0 fully saturated rings. The van der Waals surface area contributed by atoms with E-state index in [4.69, 9.17) is 16.0 Å². The fourth-order valence-corrected chi connectivity index (χ4v) is 1.46. The fourth-order valence-electron chi connectivity index (χ4n) is 1.46. The number of anilines is 1. The van der Waals surface area contributed by atoms with Crippen LogP contribution in [0.15, 0.2) is 33.5 Å². The second-order valence-electron chi connectivity index (χ2n) is 3.15. The smallest absolute Gasteiger partial charge is 0.351 e. The summed E-state index contributed by atoms with van der Waals surface area (Å²) in [5.74, 6) is 4.18. The van der Waals surface area contributed by atoms with Gasteiger partial charge in [0, 0.05) is 5.39 Å². The zero-order valence-electron chi connectivity index (χ0n) is 8.19. The summed E-state index contributed by atoms with van der Waals surface area (Å²) in [7, 11) is 0. The van der Waals surface area contributed by atoms with Crippen molar-refractivity contribution in [1.82, 2.24) is 5.43 Å². The molecule has 5 N–H and O–H groups in total. The summed E-state index contributed by atoms with van der Waals surface area (Å²) in [5.41, 5.74) is 6.88. The van der Waals surface area contributed by atoms with Crippen LogP contribution >= 0.6 is 0 Å². The molecule has 1 heterocycles. The van der Waals surface area contributed by atoms with Gasteiger partial charge in [-0.25, -0.2) is 10.6 Å². The Hall–Kier alpha value is -2.34. The van der Waals surface area contributed by atoms with E-state index in [0.717, 1.165) is 0 Å². The van der Waals surface area contributed by atoms with Crippen LogP contribution in [-0.2, 0) is 0 Å². The number of benzene rings is 1. The van der Waals surface area contributed by atoms with Gasteiger partial charge in [-0.15, -0.1) is 0 Å². The number of fused-ring (bicyclic) bond motifs is 1. The molecule has 1 aromatic carbocycles. The van der Waals surface area contributed by atoms with Crippen LogP contribution in [0.1, 0.15) is 10.4 Å². The maximum Gasteiger partial charge on any atom is 0.351 e. The van der Waals surface area contributed by atoms with Gasteiger partial charge >= 0.3 is 5.63 Å². The first-order chi connectivity index (χ1) is 7.65. The molecule has 0 aliphatic rings. The SMILES string of the molecule is NNC(=O)c1c(N)c2ccccc2oc1=O. The molecule has 6 nitrogen and oxygen atoms in total. The number of hydrogen-bond acceptors (Lipinski definition) is 5. The van der Waals surface area contributed by atoms with Crippen molar-refractivity contribution < 1.29 is 9.21 Å². The molecule has 0 unspecified atom stereocenters. The summed E-state index contributed by atoms with van der Waals surface area (Å²) >= 11 is 0. The monoisotopic (exact) mass is 219 g/mol. The van der Waals surface area contributed by atoms with Gasteiger partial charge in [-0.2, -0.15) is 0 Å². The van der Waals surface area contributed by atoms with Crippen molar-refractivity contribution in [3.8, 4) is 0 Å². The second-order valence-corrected chi connectivity index (χ2v) is 3.15. The molecular formula is C10H9N3O3. The highest BCUT2D eigenvalue weighted by Crippen LogP contribution is 2.21. The van der Waals surface area contributed by atoms with Gasteiger partial charge in [0.1, 0.15) is 11.1 Å². The molecule has 0 spiro atoms. The van der Waals surface area contributed by atoms with E-state index in [1.165, 1.54) is 0 Å². The van der Waals surface area contributed by atoms with E-state index in [-0.39, 0.29) is 11.3 Å². The molecule has 0 saturated heterocycles. The largest absolute Gasteiger partial charge is 0.422 e. The molecule has 1 aromatic heterocycles. The molecule has 0 radical (unpaired) electrons. The minimum absolute atomic E-state index is 0.0646. The molecule has 0 aliphatic carbocycles. The molecule has 0 atom stereocenters. The number of nitrogen functional groups attached to an aromatic ring is 2. The Morgan fingerprint density at radius 2 is 2.00 bits per heavy atom. The highest BCUT2D eigenvalue weighted by Gasteiger charge is 2.17. The van der Waals surface area contributed by atoms with Crippen molar-refractivity contribution in [2.75, 3.05) is 5.73 Å². The molecule has 6 heteroatoms. The van der Waals surface area contributed by atoms with Crippen molar-refractivity contribution in [1.29, 1.82) is 0 Å². The lowest BCUT2D eigenvalue weighted by atomic mass is 10.1. The molecule has 0 bridgehead atoms. The van der Waals surface area contributed by atoms with Gasteiger partial charge < -0.3 is 10.2 Å². The van der Waals surface area contributed by atoms with Crippen LogP contribution in [0.25, 0.3) is 11.0 Å². The number of para-hydroxylation sites is 1. The molecule has 82 valence electrons. The van der Waals surface area contributed by atoms with E-state index in [1.54, 1.807) is 24.3 Å². The van der Waals surface area contributed by atoms with Crippen molar-refractivity contribution in [3.05, 3.63) is 40.2 Å². The molecule has 2 rings (SSSR count). The van der Waals surface area contributed by atoms with E-state index in [0.29, 0.717) is 11.0 Å². The number of hydrazine groups is 1. The standard InChI is InChI=1S/C10H9N3O3/c11-8-5-3-1-2-4-6(5)16-10(15)7(8)9(14)13-12/h1-4H,11-12H2,(H,13,14). The van der Waals surface area contributed by atoms with Crippen LogP contribution in [0, 0.1) is 0 Å². The van der Waals surface area contributed by atoms with E-state index >= 15 is 0 Å². The van der Waals surface area contributed by atoms with E-state index in [1.807, 2.05) is 5.43 Å². The first kappa shape index (κ1) is 10.2. The van der Waals surface area contributed by atoms with E-state index in [9.17, 15) is 9.59 Å². The van der Waals surface area contributed by atoms with Crippen LogP contribution < -0.4 is 22.6 Å². The average molecular weight is 219 g/mol. The Morgan fingerprint density at radius 3 is 2.69 bits per heavy atom. The Kier molecular flexibility index (Phi) is 2.34. The van der Waals surface area contributed by atoms with Crippen LogP contribution in [0.4, 0.5) is 5.69 Å². The number of nitrogens with two attached hydrogens (primary N) is 2. The highest BCUT2D eigenvalue weighted by molar-refractivity contribution is 6.05. The lowest BCUT2D eigenvalue weighted by Crippen LogP contribution is -2.34. The third-order valence-electron chi connectivity index (χ3n) is 2.21. The summed E-state index contributed by atoms with van der Waals surface area (Å²) < 4.78 is 4.94. The summed E-state index contributed by atoms with van der Waals surface area (Å²) in [6.45, 7) is 0. The number of carbonyl (C=O) groups excluding carboxylic acids is 1. The zero-order valence-corrected chi connectivity index (χ0v) is 8.19. The topological polar surface area (TPSA) is 111 Å². The van der Waals surface area contributed by atoms with E-state index in [2.05, 4.69) is 0 Å². The van der Waals surface area contributed by atoms with Gasteiger partial charge in [0.2, 0.25) is 0 Å². The first-order valence-electron chi connectivity index (χ1n) is 4.47. The number of hydrogen-bond donors (Lipinski definition) is 3. The lowest BCUT2D eigenvalue weighted by Gasteiger charge is -2.05. The lowest BCUT2D eigenvalue weighted by molar-refractivity contribution is 0.0951. The summed E-state index contributed by atoms with van der Waals surface area (Å²) in [4.78, 5) is 22.8. The van der Waals surface area contributed by atoms with Crippen molar-refractivity contribution in [3.63, 3.8) is 0 Å². The average Bonchev–Trinajstić information content (AvgIpc) is 2.28. The fraction of sp³-hybridized carbons (Fsp3) is 0. The number of nitrogens with one attached hydrogen (secondary N) is 1. The van der Waals surface area contributed by atoms with Gasteiger partial charge in [-0.3, -0.25) is 10.2 Å². The third kappa shape index (κ3) is 1.41. The molecule has 0 saturated carbocycles. The van der Waals surface area contributed by atoms with Crippen LogP contribution in [-0.4, -0.2) is 5.91 Å². The molecule has 1 amide bonds. The third-order valence-corrected chi connectivity index (χ3v) is 2.21. The Bertz CT molecular complexity index is 618. The molecule has 2 aromatic rings. The van der Waals surface area contributed by atoms with Crippen molar-refractivity contribution in [2.45, 2.75) is 0 Å². The zero-order chi connectivity index (χ0) is 11.7. The van der Waals surface area contributed by atoms with Gasteiger partial charge in [-0.1, -0.05) is 12.1 Å². The van der Waals surface area contributed by atoms with Crippen molar-refractivity contribution >= 4 is 22.6 Å². The first-order valence-corrected chi connectivity index (χ1v) is 4.47. The predicted molar refractivity (Wildman–Crippen MR) is 58.5 cm³/mol. The summed E-state index contributed by atoms with van der Waals surface area (Å²) in [5, 5.41) is 0.501. The van der Waals surface area contributed by atoms with Crippen LogP contribution in [0.5, 0.6) is 0 Å². The molecule has 0 aliphatic heterocycles. The number of rotatable bonds is 1. The van der Waals surface area contributed by atoms with Gasteiger partial charge in [0.05, 0.1) is 5.69 Å². The maximum atomic E-state index is 11.5. The summed E-state index contributed by atoms with van der Waals surface area (Å²) in [6.07, 6.45) is 0. The predicted octanol–water partition coefficient (Wildman–Crippen LogP) is -0.0213. The minimum atomic E-state index is -0.806. The highest BCUT2D eigenvalue weighted by atomic mass is 16.4. The Morgan fingerprint density at radius 1 is 1.31 bits per heavy atom. The quantitative estimate of drug-likeness (QED) is 0.270. The molecular weight excluding hydrogens is 210 g/mol. The summed E-state index contributed by atoms with van der Waals surface area (Å²) in [6, 6.07) is 6.67. The normalized spacial score (nSPS) is 10.3. The van der Waals surface area contributed by atoms with Crippen molar-refractivity contribution in [2.24, 2.45) is 5.84 Å². The molecule has 16 heavy (non-hydrogen) atoms. The van der Waals surface area contributed by atoms with Gasteiger partial charge in [0.15, 0.2) is 0 Å². The number of carbonyl (C=O) groups is 1. The maximum absolute atomic E-state index is 11.5.